The molecule has 0 aromatic heterocycles. The van der Waals surface area contributed by atoms with E-state index in [-0.39, 0.29) is 0 Å². The van der Waals surface area contributed by atoms with Crippen molar-refractivity contribution in [3.63, 3.8) is 0 Å². The molecule has 4 aliphatic rings. The minimum atomic E-state index is -0.418. The third kappa shape index (κ3) is 4.03. The fourth-order valence-corrected chi connectivity index (χ4v) is 8.94. The first-order chi connectivity index (χ1) is 14.9. The topological polar surface area (TPSA) is 37.3 Å². The molecule has 0 spiro atoms. The van der Waals surface area contributed by atoms with Crippen molar-refractivity contribution in [2.75, 3.05) is 0 Å². The highest BCUT2D eigenvalue weighted by Gasteiger charge is 2.55. The lowest BCUT2D eigenvalue weighted by molar-refractivity contribution is -0.127. The number of hydrogen-bond acceptors (Lipinski definition) is 2. The molecule has 0 amide bonds. The minimum absolute atomic E-state index is 0.328. The standard InChI is InChI=1S/C29H42O2/c1-28(31)17-15-23-21(19-28)11-13-25-24(23)16-18-29(2)22(9-6-10-26(25)29)12-14-27(30)20-7-4-3-5-8-20/h3-5,7-8,21-26,31H,6,9-19H2,1-2H3/t21-,22-,23+,24-,25-,26+,28-,29-/m1/s1. The van der Waals surface area contributed by atoms with E-state index < -0.39 is 5.60 Å². The zero-order valence-electron chi connectivity index (χ0n) is 19.7. The Labute approximate surface area is 189 Å². The second-order valence-corrected chi connectivity index (χ2v) is 12.2. The summed E-state index contributed by atoms with van der Waals surface area (Å²) in [6, 6.07) is 9.89. The van der Waals surface area contributed by atoms with Gasteiger partial charge in [0.2, 0.25) is 0 Å². The number of ketones is 1. The highest BCUT2D eigenvalue weighted by Crippen LogP contribution is 2.63. The number of benzene rings is 1. The highest BCUT2D eigenvalue weighted by atomic mass is 16.3. The molecule has 4 aliphatic carbocycles. The van der Waals surface area contributed by atoms with Crippen molar-refractivity contribution in [1.29, 1.82) is 0 Å². The Hall–Kier alpha value is -1.15. The van der Waals surface area contributed by atoms with Crippen LogP contribution in [-0.4, -0.2) is 16.5 Å². The van der Waals surface area contributed by atoms with Gasteiger partial charge in [-0.1, -0.05) is 43.7 Å². The van der Waals surface area contributed by atoms with Crippen LogP contribution in [0.3, 0.4) is 0 Å². The summed E-state index contributed by atoms with van der Waals surface area (Å²) >= 11 is 0. The molecule has 5 rings (SSSR count). The normalized spacial score (nSPS) is 44.6. The molecule has 31 heavy (non-hydrogen) atoms. The molecule has 0 unspecified atom stereocenters. The molecule has 1 aromatic rings. The van der Waals surface area contributed by atoms with E-state index in [4.69, 9.17) is 0 Å². The van der Waals surface area contributed by atoms with Gasteiger partial charge in [-0.3, -0.25) is 4.79 Å². The minimum Gasteiger partial charge on any atom is -0.390 e. The molecule has 8 atom stereocenters. The predicted molar refractivity (Wildman–Crippen MR) is 126 cm³/mol. The van der Waals surface area contributed by atoms with Gasteiger partial charge in [-0.2, -0.15) is 0 Å². The molecule has 2 nitrogen and oxygen atoms in total. The molecule has 0 saturated heterocycles. The Kier molecular flexibility index (Phi) is 5.82. The van der Waals surface area contributed by atoms with Crippen LogP contribution >= 0.6 is 0 Å². The summed E-state index contributed by atoms with van der Waals surface area (Å²) < 4.78 is 0. The van der Waals surface area contributed by atoms with E-state index in [1.807, 2.05) is 30.3 Å². The van der Waals surface area contributed by atoms with Gasteiger partial charge < -0.3 is 5.11 Å². The zero-order chi connectivity index (χ0) is 21.6. The molecule has 0 bridgehead atoms. The number of carbonyl (C=O) groups excluding carboxylic acids is 1. The summed E-state index contributed by atoms with van der Waals surface area (Å²) in [6.07, 6.45) is 14.6. The molecule has 2 heteroatoms. The molecule has 170 valence electrons. The molecular formula is C29H42O2. The lowest BCUT2D eigenvalue weighted by Gasteiger charge is -2.61. The predicted octanol–water partition coefficient (Wildman–Crippen LogP) is 7.06. The molecular weight excluding hydrogens is 380 g/mol. The lowest BCUT2D eigenvalue weighted by atomic mass is 9.44. The Morgan fingerprint density at radius 3 is 2.52 bits per heavy atom. The maximum Gasteiger partial charge on any atom is 0.162 e. The van der Waals surface area contributed by atoms with Crippen LogP contribution in [0.4, 0.5) is 0 Å². The third-order valence-corrected chi connectivity index (χ3v) is 10.5. The van der Waals surface area contributed by atoms with Crippen molar-refractivity contribution >= 4 is 5.78 Å². The van der Waals surface area contributed by atoms with Gasteiger partial charge in [0.15, 0.2) is 5.78 Å². The van der Waals surface area contributed by atoms with E-state index in [0.717, 1.165) is 54.4 Å². The summed E-state index contributed by atoms with van der Waals surface area (Å²) in [5.74, 6) is 5.33. The number of aliphatic hydroxyl groups is 1. The van der Waals surface area contributed by atoms with Crippen LogP contribution in [-0.2, 0) is 0 Å². The Morgan fingerprint density at radius 2 is 1.71 bits per heavy atom. The molecule has 4 fully saturated rings. The average molecular weight is 423 g/mol. The molecule has 4 saturated carbocycles. The van der Waals surface area contributed by atoms with Gasteiger partial charge in [0, 0.05) is 12.0 Å². The number of hydrogen-bond donors (Lipinski definition) is 1. The van der Waals surface area contributed by atoms with Gasteiger partial charge in [0.25, 0.3) is 0 Å². The number of fused-ring (bicyclic) bond motifs is 5. The van der Waals surface area contributed by atoms with Crippen LogP contribution in [0.2, 0.25) is 0 Å². The molecule has 0 heterocycles. The van der Waals surface area contributed by atoms with E-state index in [2.05, 4.69) is 13.8 Å². The largest absolute Gasteiger partial charge is 0.390 e. The van der Waals surface area contributed by atoms with E-state index in [0.29, 0.717) is 23.5 Å². The number of Topliss-reactive ketones (excluding diaryl/α,β-unsaturated/α-hetero) is 1. The van der Waals surface area contributed by atoms with Crippen LogP contribution < -0.4 is 0 Å². The first-order valence-corrected chi connectivity index (χ1v) is 13.2. The van der Waals surface area contributed by atoms with E-state index in [9.17, 15) is 9.90 Å². The quantitative estimate of drug-likeness (QED) is 0.527. The van der Waals surface area contributed by atoms with Crippen LogP contribution in [0.15, 0.2) is 30.3 Å². The van der Waals surface area contributed by atoms with Gasteiger partial charge in [-0.05, 0) is 112 Å². The second-order valence-electron chi connectivity index (χ2n) is 12.2. The first kappa shape index (κ1) is 21.7. The van der Waals surface area contributed by atoms with Crippen molar-refractivity contribution in [2.45, 2.75) is 96.5 Å². The molecule has 1 aromatic carbocycles. The van der Waals surface area contributed by atoms with E-state index >= 15 is 0 Å². The Balaban J connectivity index is 1.27. The van der Waals surface area contributed by atoms with Crippen molar-refractivity contribution in [1.82, 2.24) is 0 Å². The van der Waals surface area contributed by atoms with Crippen LogP contribution in [0.1, 0.15) is 101 Å². The van der Waals surface area contributed by atoms with Crippen molar-refractivity contribution < 1.29 is 9.90 Å². The summed E-state index contributed by atoms with van der Waals surface area (Å²) in [7, 11) is 0. The van der Waals surface area contributed by atoms with Gasteiger partial charge in [-0.25, -0.2) is 0 Å². The van der Waals surface area contributed by atoms with Gasteiger partial charge in [0.1, 0.15) is 0 Å². The fraction of sp³-hybridized carbons (Fsp3) is 0.759. The highest BCUT2D eigenvalue weighted by molar-refractivity contribution is 5.95. The average Bonchev–Trinajstić information content (AvgIpc) is 2.76. The summed E-state index contributed by atoms with van der Waals surface area (Å²) in [4.78, 5) is 12.8. The lowest BCUT2D eigenvalue weighted by Crippen LogP contribution is -2.53. The van der Waals surface area contributed by atoms with Gasteiger partial charge >= 0.3 is 0 Å². The molecule has 1 N–H and O–H groups in total. The summed E-state index contributed by atoms with van der Waals surface area (Å²) in [6.45, 7) is 4.66. The SMILES string of the molecule is C[C@@]1(O)CC[C@H]2[C@H](CC[C@@H]3[C@@H]2CC[C@]2(C)[C@@H](CCC(=O)c4ccccc4)CCC[C@@H]32)C1. The number of rotatable bonds is 4. The maximum absolute atomic E-state index is 12.8. The number of carbonyl (C=O) groups is 1. The van der Waals surface area contributed by atoms with Gasteiger partial charge in [0.05, 0.1) is 5.60 Å². The third-order valence-electron chi connectivity index (χ3n) is 10.5. The van der Waals surface area contributed by atoms with Crippen LogP contribution in [0, 0.1) is 40.9 Å². The fourth-order valence-electron chi connectivity index (χ4n) is 8.94. The molecule has 0 aliphatic heterocycles. The smallest absolute Gasteiger partial charge is 0.162 e. The van der Waals surface area contributed by atoms with Crippen molar-refractivity contribution in [3.8, 4) is 0 Å². The maximum atomic E-state index is 12.8. The van der Waals surface area contributed by atoms with Crippen molar-refractivity contribution in [3.05, 3.63) is 35.9 Å². The zero-order valence-corrected chi connectivity index (χ0v) is 19.7. The van der Waals surface area contributed by atoms with Gasteiger partial charge in [-0.15, -0.1) is 0 Å². The van der Waals surface area contributed by atoms with E-state index in [1.54, 1.807) is 0 Å². The summed E-state index contributed by atoms with van der Waals surface area (Å²) in [5, 5.41) is 10.6. The summed E-state index contributed by atoms with van der Waals surface area (Å²) in [5.41, 5.74) is 0.900. The van der Waals surface area contributed by atoms with E-state index in [1.165, 1.54) is 51.4 Å². The van der Waals surface area contributed by atoms with Crippen LogP contribution in [0.25, 0.3) is 0 Å². The molecule has 0 radical (unpaired) electrons. The second kappa shape index (κ2) is 8.32. The van der Waals surface area contributed by atoms with Crippen LogP contribution in [0.5, 0.6) is 0 Å². The van der Waals surface area contributed by atoms with Crippen molar-refractivity contribution in [2.24, 2.45) is 40.9 Å². The monoisotopic (exact) mass is 422 g/mol. The first-order valence-electron chi connectivity index (χ1n) is 13.2. The Bertz CT molecular complexity index is 783. The Morgan fingerprint density at radius 1 is 0.935 bits per heavy atom.